The van der Waals surface area contributed by atoms with E-state index in [4.69, 9.17) is 19.7 Å². The van der Waals surface area contributed by atoms with E-state index >= 15 is 0 Å². The van der Waals surface area contributed by atoms with Gasteiger partial charge in [-0.05, 0) is 69.1 Å². The molecule has 0 aromatic rings. The van der Waals surface area contributed by atoms with Crippen LogP contribution in [-0.4, -0.2) is 48.8 Å². The Labute approximate surface area is 148 Å². The van der Waals surface area contributed by atoms with Crippen LogP contribution in [0.25, 0.3) is 0 Å². The van der Waals surface area contributed by atoms with E-state index in [-0.39, 0.29) is 13.2 Å². The Hall–Kier alpha value is -0.160. The minimum Gasteiger partial charge on any atom is -0.394 e. The maximum Gasteiger partial charge on any atom is 0.0701 e. The molecule has 4 nitrogen and oxygen atoms in total. The Morgan fingerprint density at radius 2 is 1.04 bits per heavy atom. The van der Waals surface area contributed by atoms with Crippen LogP contribution in [0.15, 0.2) is 0 Å². The maximum atomic E-state index is 8.83. The van der Waals surface area contributed by atoms with Crippen LogP contribution in [-0.2, 0) is 9.47 Å². The summed E-state index contributed by atoms with van der Waals surface area (Å²) in [6, 6.07) is 0. The van der Waals surface area contributed by atoms with Crippen molar-refractivity contribution in [2.75, 3.05) is 26.4 Å². The Balaban J connectivity index is 0.00000139. The number of hydrogen-bond donors (Lipinski definition) is 2. The highest BCUT2D eigenvalue weighted by molar-refractivity contribution is 4.83. The molecule has 0 aromatic heterocycles. The molecule has 0 amide bonds. The minimum atomic E-state index is 0.137. The zero-order valence-corrected chi connectivity index (χ0v) is 16.1. The highest BCUT2D eigenvalue weighted by Gasteiger charge is 2.32. The van der Waals surface area contributed by atoms with Gasteiger partial charge in [0.2, 0.25) is 0 Å². The van der Waals surface area contributed by atoms with Gasteiger partial charge in [0.25, 0.3) is 0 Å². The van der Waals surface area contributed by atoms with Crippen LogP contribution in [0.1, 0.15) is 72.1 Å². The van der Waals surface area contributed by atoms with Gasteiger partial charge in [-0.15, -0.1) is 0 Å². The van der Waals surface area contributed by atoms with Gasteiger partial charge in [-0.2, -0.15) is 0 Å². The Bertz CT molecular complexity index is 253. The Kier molecular flexibility index (Phi) is 11.9. The average molecular weight is 345 g/mol. The van der Waals surface area contributed by atoms with Crippen molar-refractivity contribution in [3.8, 4) is 0 Å². The summed E-state index contributed by atoms with van der Waals surface area (Å²) in [6.07, 6.45) is 10.5. The third-order valence-electron chi connectivity index (χ3n) is 5.81. The quantitative estimate of drug-likeness (QED) is 0.703. The van der Waals surface area contributed by atoms with E-state index in [2.05, 4.69) is 6.92 Å². The van der Waals surface area contributed by atoms with E-state index in [1.807, 2.05) is 13.8 Å². The molecular formula is C20H40O4. The lowest BCUT2D eigenvalue weighted by atomic mass is 9.70. The number of hydrogen-bond acceptors (Lipinski definition) is 4. The van der Waals surface area contributed by atoms with Gasteiger partial charge in [-0.1, -0.05) is 20.8 Å². The van der Waals surface area contributed by atoms with Gasteiger partial charge in [0, 0.05) is 0 Å². The second-order valence-electron chi connectivity index (χ2n) is 7.12. The second kappa shape index (κ2) is 13.1. The zero-order valence-electron chi connectivity index (χ0n) is 16.1. The van der Waals surface area contributed by atoms with Crippen molar-refractivity contribution < 1.29 is 19.7 Å². The summed E-state index contributed by atoms with van der Waals surface area (Å²) in [4.78, 5) is 0. The molecular weight excluding hydrogens is 304 g/mol. The summed E-state index contributed by atoms with van der Waals surface area (Å²) in [5, 5.41) is 17.7. The van der Waals surface area contributed by atoms with Gasteiger partial charge >= 0.3 is 0 Å². The standard InChI is InChI=1S/C18H34O4.C2H6/c1-14(15-2-6-17(7-3-15)21-12-10-19)16-4-8-18(9-5-16)22-13-11-20;1-2/h14-20H,2-13H2,1H3;1-2H3. The van der Waals surface area contributed by atoms with Crippen molar-refractivity contribution in [2.24, 2.45) is 17.8 Å². The van der Waals surface area contributed by atoms with Gasteiger partial charge in [0.15, 0.2) is 0 Å². The predicted molar refractivity (Wildman–Crippen MR) is 98.1 cm³/mol. The van der Waals surface area contributed by atoms with E-state index in [0.29, 0.717) is 25.4 Å². The molecule has 0 aliphatic heterocycles. The van der Waals surface area contributed by atoms with Crippen molar-refractivity contribution in [3.63, 3.8) is 0 Å². The summed E-state index contributed by atoms with van der Waals surface area (Å²) < 4.78 is 11.3. The Morgan fingerprint density at radius 1 is 0.708 bits per heavy atom. The number of ether oxygens (including phenoxy) is 2. The highest BCUT2D eigenvalue weighted by atomic mass is 16.5. The van der Waals surface area contributed by atoms with Crippen LogP contribution < -0.4 is 0 Å². The molecule has 2 rings (SSSR count). The molecule has 0 atom stereocenters. The number of aliphatic hydroxyl groups excluding tert-OH is 2. The smallest absolute Gasteiger partial charge is 0.0701 e. The summed E-state index contributed by atoms with van der Waals surface area (Å²) in [6.45, 7) is 7.69. The molecule has 2 aliphatic carbocycles. The van der Waals surface area contributed by atoms with Crippen LogP contribution >= 0.6 is 0 Å². The van der Waals surface area contributed by atoms with Crippen molar-refractivity contribution in [3.05, 3.63) is 0 Å². The number of rotatable bonds is 8. The van der Waals surface area contributed by atoms with Crippen molar-refractivity contribution in [2.45, 2.75) is 84.3 Å². The first-order chi connectivity index (χ1) is 11.7. The van der Waals surface area contributed by atoms with Gasteiger partial charge in [-0.25, -0.2) is 0 Å². The molecule has 0 bridgehead atoms. The highest BCUT2D eigenvalue weighted by Crippen LogP contribution is 2.40. The second-order valence-corrected chi connectivity index (χ2v) is 7.12. The van der Waals surface area contributed by atoms with Gasteiger partial charge in [0.05, 0.1) is 38.6 Å². The molecule has 0 aromatic carbocycles. The molecule has 4 heteroatoms. The summed E-state index contributed by atoms with van der Waals surface area (Å²) >= 11 is 0. The molecule has 0 unspecified atom stereocenters. The van der Waals surface area contributed by atoms with Crippen molar-refractivity contribution >= 4 is 0 Å². The predicted octanol–water partition coefficient (Wildman–Crippen LogP) is 3.78. The molecule has 2 saturated carbocycles. The van der Waals surface area contributed by atoms with E-state index in [0.717, 1.165) is 43.4 Å². The van der Waals surface area contributed by atoms with Crippen LogP contribution in [0.2, 0.25) is 0 Å². The fourth-order valence-corrected chi connectivity index (χ4v) is 4.39. The van der Waals surface area contributed by atoms with E-state index in [9.17, 15) is 0 Å². The molecule has 0 saturated heterocycles. The lowest BCUT2D eigenvalue weighted by Crippen LogP contribution is -2.32. The SMILES string of the molecule is CC.CC(C1CCC(OCCO)CC1)C1CCC(OCCO)CC1. The van der Waals surface area contributed by atoms with E-state index in [1.165, 1.54) is 25.7 Å². The van der Waals surface area contributed by atoms with Crippen LogP contribution in [0.4, 0.5) is 0 Å². The molecule has 0 radical (unpaired) electrons. The van der Waals surface area contributed by atoms with E-state index < -0.39 is 0 Å². The number of aliphatic hydroxyl groups is 2. The third kappa shape index (κ3) is 7.38. The molecule has 144 valence electrons. The lowest BCUT2D eigenvalue weighted by Gasteiger charge is -2.39. The molecule has 24 heavy (non-hydrogen) atoms. The Morgan fingerprint density at radius 3 is 1.33 bits per heavy atom. The fourth-order valence-electron chi connectivity index (χ4n) is 4.39. The third-order valence-corrected chi connectivity index (χ3v) is 5.81. The molecule has 0 heterocycles. The largest absolute Gasteiger partial charge is 0.394 e. The zero-order chi connectivity index (χ0) is 17.8. The first-order valence-corrected chi connectivity index (χ1v) is 10.2. The minimum absolute atomic E-state index is 0.137. The van der Waals surface area contributed by atoms with E-state index in [1.54, 1.807) is 0 Å². The molecule has 2 aliphatic rings. The lowest BCUT2D eigenvalue weighted by molar-refractivity contribution is -0.0210. The molecule has 0 spiro atoms. The summed E-state index contributed by atoms with van der Waals surface area (Å²) in [5.41, 5.74) is 0. The normalized spacial score (nSPS) is 31.9. The molecule has 2 fully saturated rings. The topological polar surface area (TPSA) is 58.9 Å². The monoisotopic (exact) mass is 344 g/mol. The maximum absolute atomic E-state index is 8.83. The van der Waals surface area contributed by atoms with Gasteiger partial charge in [0.1, 0.15) is 0 Å². The van der Waals surface area contributed by atoms with Crippen LogP contribution in [0.5, 0.6) is 0 Å². The average Bonchev–Trinajstić information content (AvgIpc) is 2.66. The summed E-state index contributed by atoms with van der Waals surface area (Å²) in [5.74, 6) is 2.49. The van der Waals surface area contributed by atoms with Crippen molar-refractivity contribution in [1.82, 2.24) is 0 Å². The fraction of sp³-hybridized carbons (Fsp3) is 1.00. The van der Waals surface area contributed by atoms with Crippen molar-refractivity contribution in [1.29, 1.82) is 0 Å². The summed E-state index contributed by atoms with van der Waals surface area (Å²) in [7, 11) is 0. The van der Waals surface area contributed by atoms with Gasteiger partial charge in [-0.3, -0.25) is 0 Å². The first-order valence-electron chi connectivity index (χ1n) is 10.2. The molecule has 2 N–H and O–H groups in total. The van der Waals surface area contributed by atoms with Crippen LogP contribution in [0, 0.1) is 17.8 Å². The van der Waals surface area contributed by atoms with Crippen LogP contribution in [0.3, 0.4) is 0 Å². The first kappa shape index (κ1) is 21.9. The van der Waals surface area contributed by atoms with Gasteiger partial charge < -0.3 is 19.7 Å².